The molecule has 0 aromatic heterocycles. The number of hydrogen-bond acceptors (Lipinski definition) is 4. The molecule has 1 fully saturated rings. The van der Waals surface area contributed by atoms with E-state index in [9.17, 15) is 5.11 Å². The minimum Gasteiger partial charge on any atom is -0.396 e. The van der Waals surface area contributed by atoms with Crippen molar-refractivity contribution in [3.63, 3.8) is 0 Å². The molecule has 0 radical (unpaired) electrons. The van der Waals surface area contributed by atoms with Gasteiger partial charge in [-0.2, -0.15) is 0 Å². The van der Waals surface area contributed by atoms with Gasteiger partial charge in [0, 0.05) is 50.3 Å². The van der Waals surface area contributed by atoms with Crippen LogP contribution in [0.1, 0.15) is 25.8 Å². The zero-order chi connectivity index (χ0) is 16.7. The number of aliphatic hydroxyl groups is 1. The fraction of sp³-hybridized carbons (Fsp3) is 0.579. The second-order valence-electron chi connectivity index (χ2n) is 6.53. The zero-order valence-corrected chi connectivity index (χ0v) is 15.5. The summed E-state index contributed by atoms with van der Waals surface area (Å²) in [6, 6.07) is 9.28. The lowest BCUT2D eigenvalue weighted by Gasteiger charge is -2.41. The highest BCUT2D eigenvalue weighted by molar-refractivity contribution is 7.98. The van der Waals surface area contributed by atoms with E-state index in [1.165, 1.54) is 16.0 Å². The summed E-state index contributed by atoms with van der Waals surface area (Å²) < 4.78 is 0. The summed E-state index contributed by atoms with van der Waals surface area (Å²) in [5, 5.41) is 9.39. The third-order valence-electron chi connectivity index (χ3n) is 4.43. The van der Waals surface area contributed by atoms with Crippen LogP contribution in [-0.4, -0.2) is 60.0 Å². The van der Waals surface area contributed by atoms with Crippen LogP contribution in [0.25, 0.3) is 0 Å². The first-order valence-electron chi connectivity index (χ1n) is 8.46. The molecule has 1 aromatic rings. The Labute approximate surface area is 145 Å². The molecular formula is C19H30N2OS. The normalized spacial score (nSPS) is 19.7. The molecule has 1 heterocycles. The fourth-order valence-corrected chi connectivity index (χ4v) is 3.58. The Hall–Kier alpha value is -0.810. The van der Waals surface area contributed by atoms with E-state index in [1.54, 1.807) is 11.8 Å². The van der Waals surface area contributed by atoms with Gasteiger partial charge in [0.1, 0.15) is 0 Å². The highest BCUT2D eigenvalue weighted by Crippen LogP contribution is 2.19. The Morgan fingerprint density at radius 3 is 2.87 bits per heavy atom. The van der Waals surface area contributed by atoms with Crippen LogP contribution in [0, 0.1) is 0 Å². The number of hydrogen-bond donors (Lipinski definition) is 1. The molecule has 1 aliphatic heterocycles. The van der Waals surface area contributed by atoms with Crippen LogP contribution < -0.4 is 0 Å². The highest BCUT2D eigenvalue weighted by Gasteiger charge is 2.25. The van der Waals surface area contributed by atoms with E-state index in [-0.39, 0.29) is 6.61 Å². The van der Waals surface area contributed by atoms with Gasteiger partial charge >= 0.3 is 0 Å². The number of aliphatic hydroxyl groups excluding tert-OH is 1. The monoisotopic (exact) mass is 334 g/mol. The molecule has 1 unspecified atom stereocenters. The lowest BCUT2D eigenvalue weighted by atomic mass is 10.1. The van der Waals surface area contributed by atoms with Crippen molar-refractivity contribution in [2.75, 3.05) is 39.0 Å². The molecule has 3 nitrogen and oxygen atoms in total. The predicted octanol–water partition coefficient (Wildman–Crippen LogP) is 3.24. The van der Waals surface area contributed by atoms with Crippen LogP contribution in [0.3, 0.4) is 0 Å². The van der Waals surface area contributed by atoms with Gasteiger partial charge in [-0.3, -0.25) is 9.80 Å². The third-order valence-corrected chi connectivity index (χ3v) is 5.15. The summed E-state index contributed by atoms with van der Waals surface area (Å²) >= 11 is 1.80. The lowest BCUT2D eigenvalue weighted by molar-refractivity contribution is 0.0636. The maximum absolute atomic E-state index is 9.39. The molecule has 1 aromatic carbocycles. The number of benzene rings is 1. The molecule has 0 amide bonds. The second-order valence-corrected chi connectivity index (χ2v) is 7.41. The quantitative estimate of drug-likeness (QED) is 0.612. The minimum atomic E-state index is 0.270. The average Bonchev–Trinajstić information content (AvgIpc) is 2.54. The Balaban J connectivity index is 1.96. The van der Waals surface area contributed by atoms with Crippen molar-refractivity contribution >= 4 is 11.8 Å². The van der Waals surface area contributed by atoms with E-state index >= 15 is 0 Å². The van der Waals surface area contributed by atoms with E-state index in [0.29, 0.717) is 6.04 Å². The molecule has 2 rings (SSSR count). The van der Waals surface area contributed by atoms with Crippen molar-refractivity contribution in [3.8, 4) is 0 Å². The van der Waals surface area contributed by atoms with Gasteiger partial charge in [-0.25, -0.2) is 0 Å². The van der Waals surface area contributed by atoms with Gasteiger partial charge in [-0.15, -0.1) is 11.8 Å². The molecule has 1 N–H and O–H groups in total. The smallest absolute Gasteiger partial charge is 0.0446 e. The van der Waals surface area contributed by atoms with Crippen molar-refractivity contribution in [2.24, 2.45) is 0 Å². The first kappa shape index (κ1) is 18.5. The Morgan fingerprint density at radius 2 is 2.17 bits per heavy atom. The molecule has 128 valence electrons. The van der Waals surface area contributed by atoms with Crippen molar-refractivity contribution in [2.45, 2.75) is 37.8 Å². The molecule has 0 spiro atoms. The fourth-order valence-electron chi connectivity index (χ4n) is 3.09. The number of piperazine rings is 1. The largest absolute Gasteiger partial charge is 0.396 e. The SMILES string of the molecule is CSc1cccc(CN2CCN(CC=C(C)C)C(CCO)C2)c1. The van der Waals surface area contributed by atoms with Gasteiger partial charge < -0.3 is 5.11 Å². The van der Waals surface area contributed by atoms with Crippen LogP contribution >= 0.6 is 11.8 Å². The maximum atomic E-state index is 9.39. The molecule has 0 saturated carbocycles. The average molecular weight is 335 g/mol. The van der Waals surface area contributed by atoms with E-state index in [2.05, 4.69) is 60.2 Å². The predicted molar refractivity (Wildman–Crippen MR) is 100.0 cm³/mol. The molecule has 4 heteroatoms. The molecule has 1 atom stereocenters. The highest BCUT2D eigenvalue weighted by atomic mass is 32.2. The molecular weight excluding hydrogens is 304 g/mol. The van der Waals surface area contributed by atoms with Gasteiger partial charge in [0.15, 0.2) is 0 Å². The van der Waals surface area contributed by atoms with Gasteiger partial charge in [0.2, 0.25) is 0 Å². The maximum Gasteiger partial charge on any atom is 0.0446 e. The third kappa shape index (κ3) is 5.96. The molecule has 0 aliphatic carbocycles. The molecule has 23 heavy (non-hydrogen) atoms. The summed E-state index contributed by atoms with van der Waals surface area (Å²) in [6.45, 7) is 9.80. The van der Waals surface area contributed by atoms with Crippen molar-refractivity contribution in [1.29, 1.82) is 0 Å². The van der Waals surface area contributed by atoms with Crippen LogP contribution in [0.5, 0.6) is 0 Å². The zero-order valence-electron chi connectivity index (χ0n) is 14.7. The molecule has 1 saturated heterocycles. The van der Waals surface area contributed by atoms with E-state index in [1.807, 2.05) is 0 Å². The summed E-state index contributed by atoms with van der Waals surface area (Å²) in [5.41, 5.74) is 2.75. The second kappa shape index (κ2) is 9.48. The number of allylic oxidation sites excluding steroid dienone is 1. The molecule has 1 aliphatic rings. The summed E-state index contributed by atoms with van der Waals surface area (Å²) in [4.78, 5) is 6.37. The standard InChI is InChI=1S/C19H30N2OS/c1-16(2)7-9-21-11-10-20(15-18(21)8-12-22)14-17-5-4-6-19(13-17)23-3/h4-7,13,18,22H,8-12,14-15H2,1-3H3. The van der Waals surface area contributed by atoms with Gasteiger partial charge in [0.05, 0.1) is 0 Å². The van der Waals surface area contributed by atoms with Crippen molar-refractivity contribution < 1.29 is 5.11 Å². The van der Waals surface area contributed by atoms with E-state index in [0.717, 1.165) is 39.1 Å². The Bertz CT molecular complexity index is 514. The van der Waals surface area contributed by atoms with Crippen LogP contribution in [0.2, 0.25) is 0 Å². The first-order chi connectivity index (χ1) is 11.1. The lowest BCUT2D eigenvalue weighted by Crippen LogP contribution is -2.53. The van der Waals surface area contributed by atoms with Crippen LogP contribution in [-0.2, 0) is 6.54 Å². The van der Waals surface area contributed by atoms with Crippen LogP contribution in [0.4, 0.5) is 0 Å². The Morgan fingerprint density at radius 1 is 1.35 bits per heavy atom. The first-order valence-corrected chi connectivity index (χ1v) is 9.68. The number of thioether (sulfide) groups is 1. The minimum absolute atomic E-state index is 0.270. The van der Waals surface area contributed by atoms with E-state index < -0.39 is 0 Å². The number of rotatable bonds is 7. The summed E-state index contributed by atoms with van der Waals surface area (Å²) in [5.74, 6) is 0. The van der Waals surface area contributed by atoms with Crippen molar-refractivity contribution in [3.05, 3.63) is 41.5 Å². The molecule has 0 bridgehead atoms. The van der Waals surface area contributed by atoms with Gasteiger partial charge in [0.25, 0.3) is 0 Å². The van der Waals surface area contributed by atoms with Crippen LogP contribution in [0.15, 0.2) is 40.8 Å². The summed E-state index contributed by atoms with van der Waals surface area (Å²) in [7, 11) is 0. The number of nitrogens with zero attached hydrogens (tertiary/aromatic N) is 2. The van der Waals surface area contributed by atoms with E-state index in [4.69, 9.17) is 0 Å². The van der Waals surface area contributed by atoms with Gasteiger partial charge in [-0.05, 0) is 44.2 Å². The summed E-state index contributed by atoms with van der Waals surface area (Å²) in [6.07, 6.45) is 5.28. The topological polar surface area (TPSA) is 26.7 Å². The van der Waals surface area contributed by atoms with Crippen molar-refractivity contribution in [1.82, 2.24) is 9.80 Å². The Kier molecular flexibility index (Phi) is 7.63. The van der Waals surface area contributed by atoms with Gasteiger partial charge in [-0.1, -0.05) is 23.8 Å².